The van der Waals surface area contributed by atoms with Crippen molar-refractivity contribution in [3.8, 4) is 0 Å². The maximum Gasteiger partial charge on any atom is 0.282 e. The Bertz CT molecular complexity index is 1080. The number of sulfonamides is 1. The molecule has 4 nitrogen and oxygen atoms in total. The third-order valence-electron chi connectivity index (χ3n) is 4.14. The molecule has 0 bridgehead atoms. The Labute approximate surface area is 159 Å². The van der Waals surface area contributed by atoms with E-state index in [1.165, 1.54) is 6.92 Å². The highest BCUT2D eigenvalue weighted by Gasteiger charge is 2.17. The summed E-state index contributed by atoms with van der Waals surface area (Å²) in [5, 5.41) is 0. The zero-order valence-electron chi connectivity index (χ0n) is 15.1. The van der Waals surface area contributed by atoms with Crippen molar-refractivity contribution in [2.45, 2.75) is 18.7 Å². The highest BCUT2D eigenvalue weighted by Crippen LogP contribution is 2.19. The Balaban J connectivity index is 2.14. The van der Waals surface area contributed by atoms with Crippen LogP contribution in [0.15, 0.2) is 88.2 Å². The summed E-state index contributed by atoms with van der Waals surface area (Å²) < 4.78 is 29.8. The first-order valence-corrected chi connectivity index (χ1v) is 9.89. The van der Waals surface area contributed by atoms with Crippen molar-refractivity contribution < 1.29 is 13.2 Å². The van der Waals surface area contributed by atoms with Gasteiger partial charge in [0, 0.05) is 16.7 Å². The third kappa shape index (κ3) is 4.38. The van der Waals surface area contributed by atoms with Crippen molar-refractivity contribution in [2.75, 3.05) is 0 Å². The van der Waals surface area contributed by atoms with Gasteiger partial charge in [-0.25, -0.2) is 0 Å². The zero-order chi connectivity index (χ0) is 19.4. The SMILES string of the molecule is CC(=O)c1ccc(/C(=N/S(=O)(=O)c2ccc(C)cc2)c2ccccc2)cc1. The molecule has 3 aromatic carbocycles. The minimum Gasteiger partial charge on any atom is -0.295 e. The number of benzene rings is 3. The fourth-order valence-corrected chi connectivity index (χ4v) is 3.65. The highest BCUT2D eigenvalue weighted by atomic mass is 32.2. The molecule has 3 rings (SSSR count). The van der Waals surface area contributed by atoms with E-state index in [0.717, 1.165) is 5.56 Å². The molecule has 0 aliphatic rings. The lowest BCUT2D eigenvalue weighted by atomic mass is 10.0. The summed E-state index contributed by atoms with van der Waals surface area (Å²) in [6, 6.07) is 22.5. The molecule has 0 heterocycles. The summed E-state index contributed by atoms with van der Waals surface area (Å²) in [5.41, 5.74) is 3.19. The van der Waals surface area contributed by atoms with Crippen molar-refractivity contribution in [3.05, 3.63) is 101 Å². The first kappa shape index (κ1) is 18.7. The van der Waals surface area contributed by atoms with E-state index in [9.17, 15) is 13.2 Å². The van der Waals surface area contributed by atoms with Gasteiger partial charge in [0.05, 0.1) is 10.6 Å². The Morgan fingerprint density at radius 3 is 1.81 bits per heavy atom. The topological polar surface area (TPSA) is 63.6 Å². The van der Waals surface area contributed by atoms with Gasteiger partial charge in [0.2, 0.25) is 0 Å². The summed E-state index contributed by atoms with van der Waals surface area (Å²) in [6.07, 6.45) is 0. The van der Waals surface area contributed by atoms with Crippen LogP contribution in [0.3, 0.4) is 0 Å². The molecule has 0 spiro atoms. The Morgan fingerprint density at radius 2 is 1.26 bits per heavy atom. The lowest BCUT2D eigenvalue weighted by molar-refractivity contribution is 0.101. The van der Waals surface area contributed by atoms with Crippen molar-refractivity contribution in [3.63, 3.8) is 0 Å². The number of hydrogen-bond acceptors (Lipinski definition) is 3. The van der Waals surface area contributed by atoms with Gasteiger partial charge in [-0.15, -0.1) is 0 Å². The van der Waals surface area contributed by atoms with Gasteiger partial charge in [-0.05, 0) is 26.0 Å². The van der Waals surface area contributed by atoms with Crippen LogP contribution in [-0.4, -0.2) is 19.9 Å². The van der Waals surface area contributed by atoms with Gasteiger partial charge in [-0.2, -0.15) is 12.8 Å². The van der Waals surface area contributed by atoms with Crippen molar-refractivity contribution in [1.29, 1.82) is 0 Å². The van der Waals surface area contributed by atoms with E-state index in [-0.39, 0.29) is 10.7 Å². The zero-order valence-corrected chi connectivity index (χ0v) is 15.9. The second-order valence-corrected chi connectivity index (χ2v) is 7.83. The van der Waals surface area contributed by atoms with E-state index in [4.69, 9.17) is 0 Å². The molecule has 0 aliphatic carbocycles. The van der Waals surface area contributed by atoms with Crippen LogP contribution in [0.1, 0.15) is 34.0 Å². The van der Waals surface area contributed by atoms with Gasteiger partial charge in [0.1, 0.15) is 0 Å². The van der Waals surface area contributed by atoms with Crippen LogP contribution < -0.4 is 0 Å². The molecule has 5 heteroatoms. The second kappa shape index (κ2) is 7.68. The molecule has 0 radical (unpaired) electrons. The number of carbonyl (C=O) groups excluding carboxylic acids is 1. The smallest absolute Gasteiger partial charge is 0.282 e. The van der Waals surface area contributed by atoms with E-state index >= 15 is 0 Å². The molecule has 3 aromatic rings. The van der Waals surface area contributed by atoms with Gasteiger partial charge in [0.25, 0.3) is 10.0 Å². The molecule has 0 saturated heterocycles. The van der Waals surface area contributed by atoms with E-state index in [1.54, 1.807) is 48.5 Å². The van der Waals surface area contributed by atoms with Crippen LogP contribution in [-0.2, 0) is 10.0 Å². The second-order valence-electron chi connectivity index (χ2n) is 6.23. The normalized spacial score (nSPS) is 12.0. The largest absolute Gasteiger partial charge is 0.295 e. The number of hydrogen-bond donors (Lipinski definition) is 0. The number of rotatable bonds is 5. The first-order chi connectivity index (χ1) is 12.9. The molecule has 0 saturated carbocycles. The van der Waals surface area contributed by atoms with Crippen molar-refractivity contribution in [2.24, 2.45) is 4.40 Å². The average molecular weight is 377 g/mol. The quantitative estimate of drug-likeness (QED) is 0.488. The summed E-state index contributed by atoms with van der Waals surface area (Å²) in [6.45, 7) is 3.38. The lowest BCUT2D eigenvalue weighted by Gasteiger charge is -2.09. The van der Waals surface area contributed by atoms with Crippen LogP contribution in [0.25, 0.3) is 0 Å². The number of Topliss-reactive ketones (excluding diaryl/α,β-unsaturated/α-hetero) is 1. The number of ketones is 1. The lowest BCUT2D eigenvalue weighted by Crippen LogP contribution is -2.09. The molecule has 136 valence electrons. The maximum atomic E-state index is 12.8. The van der Waals surface area contributed by atoms with E-state index in [2.05, 4.69) is 4.40 Å². The molecule has 0 atom stereocenters. The van der Waals surface area contributed by atoms with Gasteiger partial charge in [0.15, 0.2) is 5.78 Å². The molecule has 0 N–H and O–H groups in total. The van der Waals surface area contributed by atoms with Crippen LogP contribution >= 0.6 is 0 Å². The van der Waals surface area contributed by atoms with E-state index in [1.807, 2.05) is 37.3 Å². The van der Waals surface area contributed by atoms with Gasteiger partial charge < -0.3 is 0 Å². The number of carbonyl (C=O) groups is 1. The standard InChI is InChI=1S/C22H19NO3S/c1-16-8-14-21(15-9-16)27(25,26)23-22(19-6-4-3-5-7-19)20-12-10-18(11-13-20)17(2)24/h3-15H,1-2H3/b23-22+. The predicted molar refractivity (Wildman–Crippen MR) is 107 cm³/mol. The third-order valence-corrected chi connectivity index (χ3v) is 5.43. The van der Waals surface area contributed by atoms with Crippen molar-refractivity contribution >= 4 is 21.5 Å². The minimum absolute atomic E-state index is 0.0490. The molecule has 0 amide bonds. The van der Waals surface area contributed by atoms with E-state index < -0.39 is 10.0 Å². The molecule has 0 aromatic heterocycles. The maximum absolute atomic E-state index is 12.8. The molecular weight excluding hydrogens is 358 g/mol. The molecule has 0 unspecified atom stereocenters. The Kier molecular flexibility index (Phi) is 5.33. The predicted octanol–water partition coefficient (Wildman–Crippen LogP) is 4.42. The van der Waals surface area contributed by atoms with Crippen LogP contribution in [0.4, 0.5) is 0 Å². The average Bonchev–Trinajstić information content (AvgIpc) is 2.67. The van der Waals surface area contributed by atoms with Gasteiger partial charge in [-0.1, -0.05) is 72.3 Å². The van der Waals surface area contributed by atoms with Crippen LogP contribution in [0.5, 0.6) is 0 Å². The van der Waals surface area contributed by atoms with Gasteiger partial charge >= 0.3 is 0 Å². The molecule has 0 aliphatic heterocycles. The number of nitrogens with zero attached hydrogens (tertiary/aromatic N) is 1. The highest BCUT2D eigenvalue weighted by molar-refractivity contribution is 7.90. The van der Waals surface area contributed by atoms with Gasteiger partial charge in [-0.3, -0.25) is 4.79 Å². The Morgan fingerprint density at radius 1 is 0.741 bits per heavy atom. The summed E-state index contributed by atoms with van der Waals surface area (Å²) in [5.74, 6) is -0.0490. The monoisotopic (exact) mass is 377 g/mol. The molecule has 0 fully saturated rings. The first-order valence-electron chi connectivity index (χ1n) is 8.45. The summed E-state index contributed by atoms with van der Waals surface area (Å²) in [4.78, 5) is 11.7. The molecule has 27 heavy (non-hydrogen) atoms. The fraction of sp³-hybridized carbons (Fsp3) is 0.0909. The van der Waals surface area contributed by atoms with Crippen LogP contribution in [0.2, 0.25) is 0 Å². The van der Waals surface area contributed by atoms with E-state index in [0.29, 0.717) is 22.4 Å². The summed E-state index contributed by atoms with van der Waals surface area (Å²) in [7, 11) is -3.88. The Hall–Kier alpha value is -3.05. The van der Waals surface area contributed by atoms with Crippen molar-refractivity contribution in [1.82, 2.24) is 0 Å². The number of aryl methyl sites for hydroxylation is 1. The van der Waals surface area contributed by atoms with Crippen LogP contribution in [0, 0.1) is 6.92 Å². The minimum atomic E-state index is -3.88. The molecular formula is C22H19NO3S. The summed E-state index contributed by atoms with van der Waals surface area (Å²) >= 11 is 0. The fourth-order valence-electron chi connectivity index (χ4n) is 2.61.